The summed E-state index contributed by atoms with van der Waals surface area (Å²) in [6.45, 7) is 2.52. The zero-order valence-electron chi connectivity index (χ0n) is 8.05. The predicted octanol–water partition coefficient (Wildman–Crippen LogP) is 3.05. The highest BCUT2D eigenvalue weighted by atomic mass is 79.9. The molecule has 0 heterocycles. The Morgan fingerprint density at radius 2 is 2.07 bits per heavy atom. The summed E-state index contributed by atoms with van der Waals surface area (Å²) >= 11 is 3.29. The molecule has 0 saturated heterocycles. The van der Waals surface area contributed by atoms with E-state index in [-0.39, 0.29) is 0 Å². The van der Waals surface area contributed by atoms with Crippen LogP contribution in [0.25, 0.3) is 0 Å². The highest BCUT2D eigenvalue weighted by Crippen LogP contribution is 2.04. The van der Waals surface area contributed by atoms with E-state index in [0.717, 1.165) is 11.0 Å². The normalized spacial score (nSPS) is 11.1. The summed E-state index contributed by atoms with van der Waals surface area (Å²) in [5.41, 5.74) is 1.75. The van der Waals surface area contributed by atoms with Crippen molar-refractivity contribution in [1.29, 1.82) is 5.41 Å². The summed E-state index contributed by atoms with van der Waals surface area (Å²) in [7, 11) is 0. The van der Waals surface area contributed by atoms with E-state index in [1.54, 1.807) is 13.1 Å². The summed E-state index contributed by atoms with van der Waals surface area (Å²) in [4.78, 5) is 0. The Bertz CT molecular complexity index is 330. The maximum Gasteiger partial charge on any atom is 0.0536 e. The molecule has 1 aromatic rings. The number of hydrogen-bond acceptors (Lipinski definition) is 2. The molecule has 0 aliphatic rings. The van der Waals surface area contributed by atoms with Crippen LogP contribution in [0.5, 0.6) is 0 Å². The Labute approximate surface area is 92.7 Å². The lowest BCUT2D eigenvalue weighted by Gasteiger charge is -2.01. The standard InChI is InChI=1S/C11H13BrN2/c1-9(13)11(12)8-14-7-10-5-3-2-4-6-10/h2-6,8,13-14H,7H2,1H3/b11-8+,13-9?. The molecule has 74 valence electrons. The second kappa shape index (κ2) is 5.60. The van der Waals surface area contributed by atoms with Crippen LogP contribution in [0.3, 0.4) is 0 Å². The van der Waals surface area contributed by atoms with Crippen molar-refractivity contribution in [2.24, 2.45) is 0 Å². The Morgan fingerprint density at radius 3 is 2.64 bits per heavy atom. The summed E-state index contributed by atoms with van der Waals surface area (Å²) in [6.07, 6.45) is 1.80. The lowest BCUT2D eigenvalue weighted by molar-refractivity contribution is 0.869. The van der Waals surface area contributed by atoms with Gasteiger partial charge in [0, 0.05) is 18.5 Å². The van der Waals surface area contributed by atoms with E-state index in [2.05, 4.69) is 33.4 Å². The van der Waals surface area contributed by atoms with Gasteiger partial charge in [-0.2, -0.15) is 0 Å². The molecular weight excluding hydrogens is 240 g/mol. The van der Waals surface area contributed by atoms with Gasteiger partial charge in [-0.1, -0.05) is 30.3 Å². The van der Waals surface area contributed by atoms with Crippen molar-refractivity contribution in [2.45, 2.75) is 13.5 Å². The Morgan fingerprint density at radius 1 is 1.43 bits per heavy atom. The largest absolute Gasteiger partial charge is 0.386 e. The summed E-state index contributed by atoms with van der Waals surface area (Å²) in [6, 6.07) is 10.1. The van der Waals surface area contributed by atoms with E-state index in [1.807, 2.05) is 18.2 Å². The topological polar surface area (TPSA) is 35.9 Å². The molecule has 0 aliphatic heterocycles. The molecule has 0 amide bonds. The SMILES string of the molecule is CC(=N)/C(Br)=C\NCc1ccccc1. The van der Waals surface area contributed by atoms with E-state index in [4.69, 9.17) is 5.41 Å². The van der Waals surface area contributed by atoms with Crippen LogP contribution in [-0.4, -0.2) is 5.71 Å². The number of halogens is 1. The fraction of sp³-hybridized carbons (Fsp3) is 0.182. The van der Waals surface area contributed by atoms with E-state index in [9.17, 15) is 0 Å². The van der Waals surface area contributed by atoms with Gasteiger partial charge < -0.3 is 10.7 Å². The molecule has 0 saturated carbocycles. The molecule has 2 nitrogen and oxygen atoms in total. The highest BCUT2D eigenvalue weighted by molar-refractivity contribution is 9.12. The second-order valence-corrected chi connectivity index (χ2v) is 3.84. The molecule has 0 radical (unpaired) electrons. The zero-order chi connectivity index (χ0) is 10.4. The molecule has 2 N–H and O–H groups in total. The highest BCUT2D eigenvalue weighted by Gasteiger charge is 1.92. The van der Waals surface area contributed by atoms with Gasteiger partial charge in [0.15, 0.2) is 0 Å². The fourth-order valence-electron chi connectivity index (χ4n) is 0.963. The van der Waals surface area contributed by atoms with Gasteiger partial charge in [-0.15, -0.1) is 0 Å². The molecule has 3 heteroatoms. The number of hydrogen-bond donors (Lipinski definition) is 2. The third kappa shape index (κ3) is 3.75. The number of rotatable bonds is 4. The van der Waals surface area contributed by atoms with Gasteiger partial charge in [0.25, 0.3) is 0 Å². The van der Waals surface area contributed by atoms with Crippen LogP contribution >= 0.6 is 15.9 Å². The van der Waals surface area contributed by atoms with Crippen LogP contribution in [0.2, 0.25) is 0 Å². The smallest absolute Gasteiger partial charge is 0.0536 e. The van der Waals surface area contributed by atoms with E-state index >= 15 is 0 Å². The Balaban J connectivity index is 2.43. The maximum atomic E-state index is 7.33. The third-order valence-corrected chi connectivity index (χ3v) is 2.56. The van der Waals surface area contributed by atoms with E-state index in [0.29, 0.717) is 5.71 Å². The minimum atomic E-state index is 0.519. The molecule has 0 aromatic heterocycles. The van der Waals surface area contributed by atoms with Gasteiger partial charge >= 0.3 is 0 Å². The third-order valence-electron chi connectivity index (χ3n) is 1.74. The molecule has 0 bridgehead atoms. The molecule has 1 rings (SSSR count). The van der Waals surface area contributed by atoms with Crippen LogP contribution in [-0.2, 0) is 6.54 Å². The van der Waals surface area contributed by atoms with Crippen molar-refractivity contribution in [2.75, 3.05) is 0 Å². The first-order valence-electron chi connectivity index (χ1n) is 4.38. The van der Waals surface area contributed by atoms with E-state index in [1.165, 1.54) is 5.56 Å². The van der Waals surface area contributed by atoms with Crippen LogP contribution in [0, 0.1) is 5.41 Å². The number of nitrogens with one attached hydrogen (secondary N) is 2. The molecule has 0 atom stereocenters. The van der Waals surface area contributed by atoms with Gasteiger partial charge in [0.05, 0.1) is 4.48 Å². The van der Waals surface area contributed by atoms with Crippen LogP contribution in [0.1, 0.15) is 12.5 Å². The van der Waals surface area contributed by atoms with Gasteiger partial charge in [-0.05, 0) is 28.4 Å². The van der Waals surface area contributed by atoms with Crippen molar-refractivity contribution in [3.05, 3.63) is 46.6 Å². The minimum Gasteiger partial charge on any atom is -0.386 e. The van der Waals surface area contributed by atoms with Crippen molar-refractivity contribution in [3.8, 4) is 0 Å². The predicted molar refractivity (Wildman–Crippen MR) is 63.7 cm³/mol. The molecular formula is C11H13BrN2. The van der Waals surface area contributed by atoms with E-state index < -0.39 is 0 Å². The molecule has 0 spiro atoms. The average Bonchev–Trinajstić information content (AvgIpc) is 2.19. The first kappa shape index (κ1) is 11.0. The zero-order valence-corrected chi connectivity index (χ0v) is 9.64. The summed E-state index contributed by atoms with van der Waals surface area (Å²) in [5, 5.41) is 10.5. The van der Waals surface area contributed by atoms with Crippen LogP contribution in [0.15, 0.2) is 41.0 Å². The second-order valence-electron chi connectivity index (χ2n) is 2.98. The Hall–Kier alpha value is -1.09. The van der Waals surface area contributed by atoms with Gasteiger partial charge in [0.1, 0.15) is 0 Å². The first-order chi connectivity index (χ1) is 6.70. The summed E-state index contributed by atoms with van der Waals surface area (Å²) < 4.78 is 0.786. The van der Waals surface area contributed by atoms with Crippen molar-refractivity contribution in [1.82, 2.24) is 5.32 Å². The van der Waals surface area contributed by atoms with Gasteiger partial charge in [0.2, 0.25) is 0 Å². The average molecular weight is 253 g/mol. The fourth-order valence-corrected chi connectivity index (χ4v) is 1.12. The lowest BCUT2D eigenvalue weighted by atomic mass is 10.2. The summed E-state index contributed by atoms with van der Waals surface area (Å²) in [5.74, 6) is 0. The molecule has 0 fully saturated rings. The van der Waals surface area contributed by atoms with Crippen LogP contribution in [0.4, 0.5) is 0 Å². The minimum absolute atomic E-state index is 0.519. The number of allylic oxidation sites excluding steroid dienone is 1. The van der Waals surface area contributed by atoms with Gasteiger partial charge in [-0.25, -0.2) is 0 Å². The monoisotopic (exact) mass is 252 g/mol. The quantitative estimate of drug-likeness (QED) is 0.795. The number of benzene rings is 1. The van der Waals surface area contributed by atoms with Crippen LogP contribution < -0.4 is 5.32 Å². The maximum absolute atomic E-state index is 7.33. The molecule has 14 heavy (non-hydrogen) atoms. The molecule has 1 aromatic carbocycles. The van der Waals surface area contributed by atoms with Crippen molar-refractivity contribution < 1.29 is 0 Å². The lowest BCUT2D eigenvalue weighted by Crippen LogP contribution is -2.06. The van der Waals surface area contributed by atoms with Gasteiger partial charge in [-0.3, -0.25) is 0 Å². The molecule has 0 aliphatic carbocycles. The Kier molecular flexibility index (Phi) is 4.40. The van der Waals surface area contributed by atoms with Crippen molar-refractivity contribution >= 4 is 21.6 Å². The molecule has 0 unspecified atom stereocenters. The van der Waals surface area contributed by atoms with Crippen molar-refractivity contribution in [3.63, 3.8) is 0 Å². The first-order valence-corrected chi connectivity index (χ1v) is 5.18.